The van der Waals surface area contributed by atoms with Crippen LogP contribution in [0.2, 0.25) is 0 Å². The van der Waals surface area contributed by atoms with Crippen LogP contribution < -0.4 is 0 Å². The predicted molar refractivity (Wildman–Crippen MR) is 66.8 cm³/mol. The second-order valence-electron chi connectivity index (χ2n) is 3.55. The maximum absolute atomic E-state index is 11.5. The summed E-state index contributed by atoms with van der Waals surface area (Å²) >= 11 is 0. The Labute approximate surface area is 106 Å². The normalized spacial score (nSPS) is 12.2. The largest absolute Gasteiger partial charge is 0.507 e. The van der Waals surface area contributed by atoms with Crippen LogP contribution in [0.5, 0.6) is 0 Å². The molecule has 18 heavy (non-hydrogen) atoms. The van der Waals surface area contributed by atoms with Crippen LogP contribution in [-0.2, 0) is 19.4 Å². The van der Waals surface area contributed by atoms with Gasteiger partial charge in [0.2, 0.25) is 0 Å². The van der Waals surface area contributed by atoms with Gasteiger partial charge >= 0.3 is 5.97 Å². The van der Waals surface area contributed by atoms with Crippen molar-refractivity contribution in [3.63, 3.8) is 0 Å². The van der Waals surface area contributed by atoms with Gasteiger partial charge in [-0.3, -0.25) is 0 Å². The van der Waals surface area contributed by atoms with Crippen molar-refractivity contribution in [2.75, 3.05) is 12.9 Å². The number of sulfone groups is 1. The number of hydrogen-bond donors (Lipinski definition) is 1. The third kappa shape index (κ3) is 3.59. The van der Waals surface area contributed by atoms with E-state index in [9.17, 15) is 18.3 Å². The van der Waals surface area contributed by atoms with E-state index in [0.717, 1.165) is 12.3 Å². The van der Waals surface area contributed by atoms with Crippen molar-refractivity contribution >= 4 is 21.6 Å². The number of aliphatic hydroxyl groups is 1. The summed E-state index contributed by atoms with van der Waals surface area (Å²) in [5.41, 5.74) is 0.0769. The monoisotopic (exact) mass is 270 g/mol. The SMILES string of the molecule is CCOC(=O)/C=C(\O)c1ccccc1S(C)(=O)=O. The Balaban J connectivity index is 3.22. The molecule has 98 valence electrons. The Morgan fingerprint density at radius 1 is 1.39 bits per heavy atom. The first kappa shape index (κ1) is 14.2. The second kappa shape index (κ2) is 5.68. The average Bonchev–Trinajstić information content (AvgIpc) is 2.28. The second-order valence-corrected chi connectivity index (χ2v) is 5.53. The Bertz CT molecular complexity index is 572. The minimum absolute atomic E-state index is 0.0388. The van der Waals surface area contributed by atoms with E-state index in [2.05, 4.69) is 4.74 Å². The van der Waals surface area contributed by atoms with Gasteiger partial charge in [-0.15, -0.1) is 0 Å². The third-order valence-electron chi connectivity index (χ3n) is 2.10. The highest BCUT2D eigenvalue weighted by molar-refractivity contribution is 7.90. The molecule has 1 aromatic rings. The predicted octanol–water partition coefficient (Wildman–Crippen LogP) is 1.55. The topological polar surface area (TPSA) is 80.7 Å². The van der Waals surface area contributed by atoms with Gasteiger partial charge in [0.25, 0.3) is 0 Å². The highest BCUT2D eigenvalue weighted by atomic mass is 32.2. The number of aliphatic hydroxyl groups excluding tert-OH is 1. The average molecular weight is 270 g/mol. The lowest BCUT2D eigenvalue weighted by atomic mass is 10.2. The Hall–Kier alpha value is -1.82. The molecule has 0 aromatic heterocycles. The van der Waals surface area contributed by atoms with E-state index in [0.29, 0.717) is 0 Å². The van der Waals surface area contributed by atoms with Crippen molar-refractivity contribution in [2.45, 2.75) is 11.8 Å². The zero-order valence-electron chi connectivity index (χ0n) is 10.1. The third-order valence-corrected chi connectivity index (χ3v) is 3.26. The molecule has 0 unspecified atom stereocenters. The van der Waals surface area contributed by atoms with Crippen molar-refractivity contribution < 1.29 is 23.1 Å². The highest BCUT2D eigenvalue weighted by Gasteiger charge is 2.15. The summed E-state index contributed by atoms with van der Waals surface area (Å²) in [6.45, 7) is 1.81. The molecule has 0 aliphatic carbocycles. The lowest BCUT2D eigenvalue weighted by molar-refractivity contribution is -0.137. The standard InChI is InChI=1S/C12H14O5S/c1-3-17-12(14)8-10(13)9-6-4-5-7-11(9)18(2,15)16/h4-8,13H,3H2,1-2H3/b10-8-. The van der Waals surface area contributed by atoms with Gasteiger partial charge in [0.05, 0.1) is 17.6 Å². The number of hydrogen-bond acceptors (Lipinski definition) is 5. The summed E-state index contributed by atoms with van der Waals surface area (Å²) in [4.78, 5) is 11.1. The summed E-state index contributed by atoms with van der Waals surface area (Å²) in [6, 6.07) is 5.89. The number of ether oxygens (including phenoxy) is 1. The summed E-state index contributed by atoms with van der Waals surface area (Å²) < 4.78 is 27.7. The molecule has 0 radical (unpaired) electrons. The molecule has 0 heterocycles. The first-order valence-electron chi connectivity index (χ1n) is 5.23. The van der Waals surface area contributed by atoms with Crippen LogP contribution in [0.4, 0.5) is 0 Å². The Morgan fingerprint density at radius 3 is 2.56 bits per heavy atom. The zero-order chi connectivity index (χ0) is 13.8. The van der Waals surface area contributed by atoms with E-state index < -0.39 is 21.6 Å². The van der Waals surface area contributed by atoms with Crippen LogP contribution >= 0.6 is 0 Å². The fraction of sp³-hybridized carbons (Fsp3) is 0.250. The molecule has 0 saturated carbocycles. The van der Waals surface area contributed by atoms with Crippen LogP contribution in [-0.4, -0.2) is 32.4 Å². The van der Waals surface area contributed by atoms with E-state index in [4.69, 9.17) is 0 Å². The fourth-order valence-electron chi connectivity index (χ4n) is 1.37. The van der Waals surface area contributed by atoms with Gasteiger partial charge in [-0.05, 0) is 19.1 Å². The molecule has 1 N–H and O–H groups in total. The van der Waals surface area contributed by atoms with E-state index in [-0.39, 0.29) is 17.1 Å². The van der Waals surface area contributed by atoms with Crippen LogP contribution in [0, 0.1) is 0 Å². The molecule has 0 amide bonds. The molecule has 0 atom stereocenters. The molecule has 5 nitrogen and oxygen atoms in total. The van der Waals surface area contributed by atoms with Gasteiger partial charge in [0, 0.05) is 11.8 Å². The van der Waals surface area contributed by atoms with Gasteiger partial charge in [-0.2, -0.15) is 0 Å². The molecule has 0 fully saturated rings. The first-order chi connectivity index (χ1) is 8.36. The number of rotatable bonds is 4. The number of carbonyl (C=O) groups excluding carboxylic acids is 1. The molecule has 1 aromatic carbocycles. The van der Waals surface area contributed by atoms with Crippen LogP contribution in [0.1, 0.15) is 12.5 Å². The molecule has 0 spiro atoms. The Morgan fingerprint density at radius 2 is 2.00 bits per heavy atom. The van der Waals surface area contributed by atoms with Crippen molar-refractivity contribution in [3.8, 4) is 0 Å². The van der Waals surface area contributed by atoms with Crippen molar-refractivity contribution in [2.24, 2.45) is 0 Å². The quantitative estimate of drug-likeness (QED) is 0.510. The number of benzene rings is 1. The first-order valence-corrected chi connectivity index (χ1v) is 7.12. The number of esters is 1. The summed E-state index contributed by atoms with van der Waals surface area (Å²) in [6.07, 6.45) is 1.89. The maximum atomic E-state index is 11.5. The molecule has 0 aliphatic heterocycles. The zero-order valence-corrected chi connectivity index (χ0v) is 10.9. The van der Waals surface area contributed by atoms with Gasteiger partial charge in [-0.1, -0.05) is 12.1 Å². The molecular formula is C12H14O5S. The van der Waals surface area contributed by atoms with E-state index in [1.165, 1.54) is 18.2 Å². The van der Waals surface area contributed by atoms with Gasteiger partial charge in [-0.25, -0.2) is 13.2 Å². The van der Waals surface area contributed by atoms with E-state index in [1.807, 2.05) is 0 Å². The van der Waals surface area contributed by atoms with Crippen molar-refractivity contribution in [1.82, 2.24) is 0 Å². The highest BCUT2D eigenvalue weighted by Crippen LogP contribution is 2.21. The molecule has 0 aliphatic rings. The van der Waals surface area contributed by atoms with Crippen LogP contribution in [0.15, 0.2) is 35.2 Å². The molecule has 1 rings (SSSR count). The lowest BCUT2D eigenvalue weighted by Gasteiger charge is -2.06. The summed E-state index contributed by atoms with van der Waals surface area (Å²) in [5.74, 6) is -1.16. The van der Waals surface area contributed by atoms with Gasteiger partial charge in [0.15, 0.2) is 9.84 Å². The minimum atomic E-state index is -3.48. The maximum Gasteiger partial charge on any atom is 0.334 e. The van der Waals surface area contributed by atoms with Crippen molar-refractivity contribution in [3.05, 3.63) is 35.9 Å². The smallest absolute Gasteiger partial charge is 0.334 e. The summed E-state index contributed by atoms with van der Waals surface area (Å²) in [7, 11) is -3.48. The van der Waals surface area contributed by atoms with Gasteiger partial charge in [0.1, 0.15) is 5.76 Å². The van der Waals surface area contributed by atoms with Crippen LogP contribution in [0.3, 0.4) is 0 Å². The fourth-order valence-corrected chi connectivity index (χ4v) is 2.27. The summed E-state index contributed by atoms with van der Waals surface area (Å²) in [5, 5.41) is 9.76. The molecular weight excluding hydrogens is 256 g/mol. The minimum Gasteiger partial charge on any atom is -0.507 e. The Kier molecular flexibility index (Phi) is 4.49. The molecule has 0 bridgehead atoms. The lowest BCUT2D eigenvalue weighted by Crippen LogP contribution is -2.04. The molecule has 0 saturated heterocycles. The van der Waals surface area contributed by atoms with Crippen LogP contribution in [0.25, 0.3) is 5.76 Å². The molecule has 6 heteroatoms. The van der Waals surface area contributed by atoms with Crippen molar-refractivity contribution in [1.29, 1.82) is 0 Å². The van der Waals surface area contributed by atoms with E-state index >= 15 is 0 Å². The van der Waals surface area contributed by atoms with E-state index in [1.54, 1.807) is 13.0 Å². The number of carbonyl (C=O) groups is 1. The van der Waals surface area contributed by atoms with Gasteiger partial charge < -0.3 is 9.84 Å².